The first kappa shape index (κ1) is 17.0. The second-order valence-electron chi connectivity index (χ2n) is 6.06. The lowest BCUT2D eigenvalue weighted by atomic mass is 10.1. The van der Waals surface area contributed by atoms with Crippen molar-refractivity contribution in [2.45, 2.75) is 0 Å². The minimum atomic E-state index is -0.241. The molecule has 1 heterocycles. The third kappa shape index (κ3) is 4.03. The van der Waals surface area contributed by atoms with E-state index < -0.39 is 0 Å². The van der Waals surface area contributed by atoms with E-state index in [9.17, 15) is 4.79 Å². The fourth-order valence-electron chi connectivity index (χ4n) is 2.91. The van der Waals surface area contributed by atoms with Crippen LogP contribution in [0.15, 0.2) is 72.8 Å². The van der Waals surface area contributed by atoms with Gasteiger partial charge in [0.05, 0.1) is 0 Å². The van der Waals surface area contributed by atoms with Crippen molar-refractivity contribution in [2.75, 3.05) is 25.1 Å². The highest BCUT2D eigenvalue weighted by Gasteiger charge is 2.13. The van der Waals surface area contributed by atoms with E-state index in [4.69, 9.17) is 14.2 Å². The van der Waals surface area contributed by atoms with Gasteiger partial charge in [0, 0.05) is 17.3 Å². The largest absolute Gasteiger partial charge is 0.486 e. The first-order valence-electron chi connectivity index (χ1n) is 8.76. The molecule has 1 aliphatic heterocycles. The summed E-state index contributed by atoms with van der Waals surface area (Å²) in [7, 11) is 0. The average Bonchev–Trinajstić information content (AvgIpc) is 2.73. The summed E-state index contributed by atoms with van der Waals surface area (Å²) in [5.41, 5.74) is 2.63. The molecule has 27 heavy (non-hydrogen) atoms. The number of amides is 1. The second kappa shape index (κ2) is 7.83. The van der Waals surface area contributed by atoms with Crippen molar-refractivity contribution in [2.24, 2.45) is 0 Å². The maximum absolute atomic E-state index is 12.3. The summed E-state index contributed by atoms with van der Waals surface area (Å²) in [6.07, 6.45) is 0. The standard InChI is InChI=1S/C22H19NO4/c24-22(23-17-10-11-20-21(14-17)26-13-12-25-20)15-27-19-9-5-4-8-18(19)16-6-2-1-3-7-16/h1-11,14H,12-13,15H2,(H,23,24). The van der Waals surface area contributed by atoms with Crippen molar-refractivity contribution in [1.29, 1.82) is 0 Å². The molecule has 5 heteroatoms. The van der Waals surface area contributed by atoms with Gasteiger partial charge in [-0.25, -0.2) is 0 Å². The van der Waals surface area contributed by atoms with Gasteiger partial charge >= 0.3 is 0 Å². The molecule has 3 aromatic carbocycles. The number of rotatable bonds is 5. The molecule has 0 saturated heterocycles. The molecule has 3 aromatic rings. The van der Waals surface area contributed by atoms with Gasteiger partial charge < -0.3 is 19.5 Å². The SMILES string of the molecule is O=C(COc1ccccc1-c1ccccc1)Nc1ccc2c(c1)OCCO2. The molecule has 0 saturated carbocycles. The van der Waals surface area contributed by atoms with Crippen LogP contribution in [0.2, 0.25) is 0 Å². The van der Waals surface area contributed by atoms with Crippen molar-refractivity contribution >= 4 is 11.6 Å². The summed E-state index contributed by atoms with van der Waals surface area (Å²) in [6, 6.07) is 22.9. The Morgan fingerprint density at radius 2 is 1.63 bits per heavy atom. The third-order valence-electron chi connectivity index (χ3n) is 4.16. The summed E-state index contributed by atoms with van der Waals surface area (Å²) >= 11 is 0. The molecule has 0 radical (unpaired) electrons. The summed E-state index contributed by atoms with van der Waals surface area (Å²) in [6.45, 7) is 0.954. The van der Waals surface area contributed by atoms with Crippen LogP contribution in [0.25, 0.3) is 11.1 Å². The lowest BCUT2D eigenvalue weighted by Crippen LogP contribution is -2.21. The maximum atomic E-state index is 12.3. The predicted octanol–water partition coefficient (Wildman–Crippen LogP) is 4.14. The number of anilines is 1. The van der Waals surface area contributed by atoms with E-state index in [1.165, 1.54) is 0 Å². The lowest BCUT2D eigenvalue weighted by molar-refractivity contribution is -0.118. The summed E-state index contributed by atoms with van der Waals surface area (Å²) in [4.78, 5) is 12.3. The van der Waals surface area contributed by atoms with Crippen LogP contribution < -0.4 is 19.5 Å². The van der Waals surface area contributed by atoms with Crippen molar-refractivity contribution in [3.05, 3.63) is 72.8 Å². The van der Waals surface area contributed by atoms with E-state index in [1.807, 2.05) is 54.6 Å². The third-order valence-corrected chi connectivity index (χ3v) is 4.16. The minimum Gasteiger partial charge on any atom is -0.486 e. The van der Waals surface area contributed by atoms with Gasteiger partial charge in [0.2, 0.25) is 0 Å². The predicted molar refractivity (Wildman–Crippen MR) is 103 cm³/mol. The van der Waals surface area contributed by atoms with Gasteiger partial charge in [-0.1, -0.05) is 48.5 Å². The average molecular weight is 361 g/mol. The van der Waals surface area contributed by atoms with Crippen LogP contribution >= 0.6 is 0 Å². The van der Waals surface area contributed by atoms with Crippen molar-refractivity contribution in [3.8, 4) is 28.4 Å². The molecule has 0 spiro atoms. The van der Waals surface area contributed by atoms with E-state index in [0.717, 1.165) is 11.1 Å². The maximum Gasteiger partial charge on any atom is 0.262 e. The zero-order valence-electron chi connectivity index (χ0n) is 14.7. The molecular weight excluding hydrogens is 342 g/mol. The molecule has 5 nitrogen and oxygen atoms in total. The van der Waals surface area contributed by atoms with Crippen LogP contribution in [0.5, 0.6) is 17.2 Å². The molecule has 4 rings (SSSR count). The van der Waals surface area contributed by atoms with Crippen LogP contribution in [-0.2, 0) is 4.79 Å². The molecule has 0 unspecified atom stereocenters. The molecule has 0 aliphatic carbocycles. The van der Waals surface area contributed by atoms with Crippen LogP contribution in [0, 0.1) is 0 Å². The Morgan fingerprint density at radius 1 is 0.889 bits per heavy atom. The number of hydrogen-bond donors (Lipinski definition) is 1. The number of fused-ring (bicyclic) bond motifs is 1. The number of carbonyl (C=O) groups is 1. The van der Waals surface area contributed by atoms with E-state index in [1.54, 1.807) is 18.2 Å². The lowest BCUT2D eigenvalue weighted by Gasteiger charge is -2.19. The Morgan fingerprint density at radius 3 is 2.48 bits per heavy atom. The molecular formula is C22H19NO4. The van der Waals surface area contributed by atoms with E-state index >= 15 is 0 Å². The van der Waals surface area contributed by atoms with Crippen LogP contribution in [0.3, 0.4) is 0 Å². The summed E-state index contributed by atoms with van der Waals surface area (Å²) in [5.74, 6) is 1.75. The van der Waals surface area contributed by atoms with Crippen LogP contribution in [0.4, 0.5) is 5.69 Å². The molecule has 136 valence electrons. The van der Waals surface area contributed by atoms with Crippen LogP contribution in [-0.4, -0.2) is 25.7 Å². The zero-order chi connectivity index (χ0) is 18.5. The number of benzene rings is 3. The van der Waals surface area contributed by atoms with E-state index in [2.05, 4.69) is 5.32 Å². The molecule has 1 aliphatic rings. The molecule has 0 atom stereocenters. The van der Waals surface area contributed by atoms with Gasteiger partial charge in [-0.05, 0) is 23.8 Å². The Labute approximate surface area is 157 Å². The Balaban J connectivity index is 1.42. The minimum absolute atomic E-state index is 0.0850. The molecule has 0 bridgehead atoms. The number of hydrogen-bond acceptors (Lipinski definition) is 4. The first-order valence-corrected chi connectivity index (χ1v) is 8.76. The fourth-order valence-corrected chi connectivity index (χ4v) is 2.91. The molecule has 0 aromatic heterocycles. The Bertz CT molecular complexity index is 940. The Hall–Kier alpha value is -3.47. The number of ether oxygens (including phenoxy) is 3. The van der Waals surface area contributed by atoms with Gasteiger partial charge in [0.25, 0.3) is 5.91 Å². The van der Waals surface area contributed by atoms with Crippen molar-refractivity contribution in [3.63, 3.8) is 0 Å². The van der Waals surface area contributed by atoms with Crippen molar-refractivity contribution in [1.82, 2.24) is 0 Å². The normalized spacial score (nSPS) is 12.3. The number of nitrogens with one attached hydrogen (secondary N) is 1. The van der Waals surface area contributed by atoms with E-state index in [0.29, 0.717) is 36.1 Å². The highest BCUT2D eigenvalue weighted by atomic mass is 16.6. The highest BCUT2D eigenvalue weighted by molar-refractivity contribution is 5.92. The first-order chi connectivity index (χ1) is 13.3. The summed E-state index contributed by atoms with van der Waals surface area (Å²) in [5, 5.41) is 2.82. The van der Waals surface area contributed by atoms with Gasteiger partial charge in [-0.15, -0.1) is 0 Å². The highest BCUT2D eigenvalue weighted by Crippen LogP contribution is 2.33. The van der Waals surface area contributed by atoms with Gasteiger partial charge in [0.1, 0.15) is 19.0 Å². The monoisotopic (exact) mass is 361 g/mol. The van der Waals surface area contributed by atoms with Gasteiger partial charge in [-0.3, -0.25) is 4.79 Å². The molecule has 0 fully saturated rings. The fraction of sp³-hybridized carbons (Fsp3) is 0.136. The van der Waals surface area contributed by atoms with Gasteiger partial charge in [0.15, 0.2) is 18.1 Å². The Kier molecular flexibility index (Phi) is 4.92. The van der Waals surface area contributed by atoms with E-state index in [-0.39, 0.29) is 12.5 Å². The van der Waals surface area contributed by atoms with Crippen LogP contribution in [0.1, 0.15) is 0 Å². The number of para-hydroxylation sites is 1. The second-order valence-corrected chi connectivity index (χ2v) is 6.06. The smallest absolute Gasteiger partial charge is 0.262 e. The molecule has 1 amide bonds. The quantitative estimate of drug-likeness (QED) is 0.742. The van der Waals surface area contributed by atoms with Gasteiger partial charge in [-0.2, -0.15) is 0 Å². The number of carbonyl (C=O) groups excluding carboxylic acids is 1. The molecule has 1 N–H and O–H groups in total. The topological polar surface area (TPSA) is 56.8 Å². The van der Waals surface area contributed by atoms with Crippen molar-refractivity contribution < 1.29 is 19.0 Å². The zero-order valence-corrected chi connectivity index (χ0v) is 14.7. The summed E-state index contributed by atoms with van der Waals surface area (Å²) < 4.78 is 16.8.